The Kier molecular flexibility index (Phi) is 3.53. The number of amides is 1. The molecule has 0 aromatic heterocycles. The van der Waals surface area contributed by atoms with Crippen molar-refractivity contribution in [1.82, 2.24) is 4.90 Å². The zero-order valence-electron chi connectivity index (χ0n) is 9.55. The molecule has 3 heteroatoms. The highest BCUT2D eigenvalue weighted by molar-refractivity contribution is 5.78. The predicted octanol–water partition coefficient (Wildman–Crippen LogP) is 1.23. The molecule has 1 aliphatic heterocycles. The molecule has 1 amide bonds. The van der Waals surface area contributed by atoms with Crippen LogP contribution in [0.4, 0.5) is 0 Å². The van der Waals surface area contributed by atoms with Gasteiger partial charge >= 0.3 is 0 Å². The molecule has 82 valence electrons. The molecule has 0 radical (unpaired) electrons. The van der Waals surface area contributed by atoms with E-state index >= 15 is 0 Å². The molecule has 0 aliphatic carbocycles. The van der Waals surface area contributed by atoms with Crippen LogP contribution in [0.25, 0.3) is 0 Å². The first-order valence-electron chi connectivity index (χ1n) is 5.43. The number of piperidine rings is 1. The van der Waals surface area contributed by atoms with Crippen molar-refractivity contribution in [3.8, 4) is 0 Å². The summed E-state index contributed by atoms with van der Waals surface area (Å²) in [5.41, 5.74) is 5.67. The van der Waals surface area contributed by atoms with Gasteiger partial charge < -0.3 is 10.6 Å². The van der Waals surface area contributed by atoms with Crippen molar-refractivity contribution in [2.75, 3.05) is 19.6 Å². The van der Waals surface area contributed by atoms with Gasteiger partial charge in [-0.1, -0.05) is 20.8 Å². The van der Waals surface area contributed by atoms with Crippen molar-refractivity contribution in [2.45, 2.75) is 33.6 Å². The Morgan fingerprint density at radius 2 is 2.14 bits per heavy atom. The van der Waals surface area contributed by atoms with Crippen molar-refractivity contribution in [3.63, 3.8) is 0 Å². The largest absolute Gasteiger partial charge is 0.341 e. The van der Waals surface area contributed by atoms with Crippen LogP contribution in [-0.4, -0.2) is 30.4 Å². The number of likely N-dealkylation sites (tertiary alicyclic amines) is 1. The Morgan fingerprint density at radius 3 is 2.64 bits per heavy atom. The van der Waals surface area contributed by atoms with Gasteiger partial charge in [0.15, 0.2) is 0 Å². The lowest BCUT2D eigenvalue weighted by atomic mass is 9.76. The number of carbonyl (C=O) groups is 1. The summed E-state index contributed by atoms with van der Waals surface area (Å²) in [5.74, 6) is 0.714. The second-order valence-electron chi connectivity index (χ2n) is 5.25. The van der Waals surface area contributed by atoms with Crippen LogP contribution in [0.1, 0.15) is 33.6 Å². The van der Waals surface area contributed by atoms with Crippen LogP contribution in [0.2, 0.25) is 0 Å². The van der Waals surface area contributed by atoms with E-state index < -0.39 is 0 Å². The molecule has 1 unspecified atom stereocenters. The Bertz CT molecular complexity index is 208. The Hall–Kier alpha value is -0.570. The van der Waals surface area contributed by atoms with Gasteiger partial charge in [0.2, 0.25) is 5.91 Å². The van der Waals surface area contributed by atoms with Gasteiger partial charge in [-0.25, -0.2) is 0 Å². The molecule has 1 heterocycles. The highest BCUT2D eigenvalue weighted by Crippen LogP contribution is 2.33. The molecule has 0 spiro atoms. The summed E-state index contributed by atoms with van der Waals surface area (Å²) >= 11 is 0. The molecule has 1 saturated heterocycles. The average molecular weight is 198 g/mol. The zero-order valence-corrected chi connectivity index (χ0v) is 9.55. The quantitative estimate of drug-likeness (QED) is 0.689. The molecular weight excluding hydrogens is 176 g/mol. The van der Waals surface area contributed by atoms with E-state index in [9.17, 15) is 4.79 Å². The Labute approximate surface area is 86.6 Å². The SMILES string of the molecule is CC(C)(C)C1CCCN(C(=O)CN)C1. The van der Waals surface area contributed by atoms with Gasteiger partial charge in [0.05, 0.1) is 6.54 Å². The fourth-order valence-corrected chi connectivity index (χ4v) is 2.04. The number of nitrogens with zero attached hydrogens (tertiary/aromatic N) is 1. The third-order valence-electron chi connectivity index (χ3n) is 3.17. The van der Waals surface area contributed by atoms with Crippen molar-refractivity contribution < 1.29 is 4.79 Å². The third kappa shape index (κ3) is 2.71. The Balaban J connectivity index is 2.56. The normalized spacial score (nSPS) is 23.7. The summed E-state index contributed by atoms with van der Waals surface area (Å²) in [6.07, 6.45) is 2.35. The molecule has 14 heavy (non-hydrogen) atoms. The highest BCUT2D eigenvalue weighted by atomic mass is 16.2. The third-order valence-corrected chi connectivity index (χ3v) is 3.17. The number of nitrogens with two attached hydrogens (primary N) is 1. The van der Waals surface area contributed by atoms with Crippen molar-refractivity contribution >= 4 is 5.91 Å². The molecule has 3 nitrogen and oxygen atoms in total. The van der Waals surface area contributed by atoms with Gasteiger partial charge in [-0.2, -0.15) is 0 Å². The fourth-order valence-electron chi connectivity index (χ4n) is 2.04. The molecule has 1 rings (SSSR count). The summed E-state index contributed by atoms with van der Waals surface area (Å²) < 4.78 is 0. The minimum Gasteiger partial charge on any atom is -0.341 e. The summed E-state index contributed by atoms with van der Waals surface area (Å²) in [6.45, 7) is 8.66. The molecule has 1 fully saturated rings. The second kappa shape index (κ2) is 4.30. The van der Waals surface area contributed by atoms with Crippen LogP contribution in [0, 0.1) is 11.3 Å². The molecule has 0 bridgehead atoms. The van der Waals surface area contributed by atoms with Gasteiger partial charge in [0, 0.05) is 13.1 Å². The molecule has 0 saturated carbocycles. The predicted molar refractivity (Wildman–Crippen MR) is 57.8 cm³/mol. The van der Waals surface area contributed by atoms with E-state index in [1.807, 2.05) is 4.90 Å². The van der Waals surface area contributed by atoms with E-state index in [-0.39, 0.29) is 12.5 Å². The molecule has 0 aromatic carbocycles. The highest BCUT2D eigenvalue weighted by Gasteiger charge is 2.30. The van der Waals surface area contributed by atoms with Crippen molar-refractivity contribution in [2.24, 2.45) is 17.1 Å². The van der Waals surface area contributed by atoms with Gasteiger partial charge in [-0.05, 0) is 24.2 Å². The van der Waals surface area contributed by atoms with Crippen LogP contribution in [0.5, 0.6) is 0 Å². The van der Waals surface area contributed by atoms with Crippen molar-refractivity contribution in [3.05, 3.63) is 0 Å². The molecule has 1 atom stereocenters. The fraction of sp³-hybridized carbons (Fsp3) is 0.909. The number of hydrogen-bond acceptors (Lipinski definition) is 2. The maximum absolute atomic E-state index is 11.4. The van der Waals surface area contributed by atoms with Crippen LogP contribution >= 0.6 is 0 Å². The molecule has 0 aromatic rings. The van der Waals surface area contributed by atoms with E-state index in [1.165, 1.54) is 6.42 Å². The molecule has 2 N–H and O–H groups in total. The lowest BCUT2D eigenvalue weighted by molar-refractivity contribution is -0.132. The molecule has 1 aliphatic rings. The minimum absolute atomic E-state index is 0.0963. The lowest BCUT2D eigenvalue weighted by Gasteiger charge is -2.39. The number of carbonyl (C=O) groups excluding carboxylic acids is 1. The average Bonchev–Trinajstić information content (AvgIpc) is 2.15. The smallest absolute Gasteiger partial charge is 0.236 e. The van der Waals surface area contributed by atoms with Crippen molar-refractivity contribution in [1.29, 1.82) is 0 Å². The topological polar surface area (TPSA) is 46.3 Å². The van der Waals surface area contributed by atoms with Gasteiger partial charge in [-0.15, -0.1) is 0 Å². The van der Waals surface area contributed by atoms with Crippen LogP contribution < -0.4 is 5.73 Å². The first kappa shape index (κ1) is 11.5. The maximum atomic E-state index is 11.4. The van der Waals surface area contributed by atoms with E-state index in [0.29, 0.717) is 11.3 Å². The van der Waals surface area contributed by atoms with Gasteiger partial charge in [0.1, 0.15) is 0 Å². The monoisotopic (exact) mass is 198 g/mol. The first-order valence-corrected chi connectivity index (χ1v) is 5.43. The maximum Gasteiger partial charge on any atom is 0.236 e. The lowest BCUT2D eigenvalue weighted by Crippen LogP contribution is -2.45. The number of hydrogen-bond donors (Lipinski definition) is 1. The van der Waals surface area contributed by atoms with Gasteiger partial charge in [-0.3, -0.25) is 4.79 Å². The van der Waals surface area contributed by atoms with Crippen LogP contribution in [-0.2, 0) is 4.79 Å². The summed E-state index contributed by atoms with van der Waals surface area (Å²) in [5, 5.41) is 0. The number of rotatable bonds is 1. The Morgan fingerprint density at radius 1 is 1.50 bits per heavy atom. The second-order valence-corrected chi connectivity index (χ2v) is 5.25. The van der Waals surface area contributed by atoms with Crippen LogP contribution in [0.15, 0.2) is 0 Å². The summed E-state index contributed by atoms with van der Waals surface area (Å²) in [4.78, 5) is 13.4. The minimum atomic E-state index is 0.0963. The standard InChI is InChI=1S/C11H22N2O/c1-11(2,3)9-5-4-6-13(8-9)10(14)7-12/h9H,4-8,12H2,1-3H3. The zero-order chi connectivity index (χ0) is 10.8. The van der Waals surface area contributed by atoms with Crippen LogP contribution in [0.3, 0.4) is 0 Å². The summed E-state index contributed by atoms with van der Waals surface area (Å²) in [6, 6.07) is 0. The van der Waals surface area contributed by atoms with E-state index in [1.54, 1.807) is 0 Å². The summed E-state index contributed by atoms with van der Waals surface area (Å²) in [7, 11) is 0. The first-order chi connectivity index (χ1) is 6.45. The molecular formula is C11H22N2O. The van der Waals surface area contributed by atoms with E-state index in [2.05, 4.69) is 20.8 Å². The van der Waals surface area contributed by atoms with E-state index in [0.717, 1.165) is 19.5 Å². The van der Waals surface area contributed by atoms with Gasteiger partial charge in [0.25, 0.3) is 0 Å². The van der Waals surface area contributed by atoms with E-state index in [4.69, 9.17) is 5.73 Å².